The molecule has 1 aromatic carbocycles. The standard InChI is InChI=1S/C10H9FN2O5/c11-5-3-6(10(16)8(14)1-2-12)9(15)7(4-5)13(17)18/h3-4,8,10,14-16H,1H2. The van der Waals surface area contributed by atoms with Crippen molar-refractivity contribution < 1.29 is 24.6 Å². The van der Waals surface area contributed by atoms with E-state index in [1.165, 1.54) is 0 Å². The number of nitrogens with zero attached hydrogens (tertiary/aromatic N) is 2. The lowest BCUT2D eigenvalue weighted by atomic mass is 10.0. The molecule has 0 heterocycles. The summed E-state index contributed by atoms with van der Waals surface area (Å²) in [6.45, 7) is 0. The van der Waals surface area contributed by atoms with E-state index in [1.807, 2.05) is 0 Å². The van der Waals surface area contributed by atoms with Crippen molar-refractivity contribution in [2.75, 3.05) is 0 Å². The fraction of sp³-hybridized carbons (Fsp3) is 0.300. The van der Waals surface area contributed by atoms with Gasteiger partial charge in [-0.1, -0.05) is 0 Å². The minimum atomic E-state index is -1.79. The Bertz CT molecular complexity index is 514. The number of nitro groups is 1. The number of nitro benzene ring substituents is 1. The lowest BCUT2D eigenvalue weighted by molar-refractivity contribution is -0.386. The van der Waals surface area contributed by atoms with Gasteiger partial charge >= 0.3 is 5.69 Å². The third kappa shape index (κ3) is 2.71. The molecule has 18 heavy (non-hydrogen) atoms. The summed E-state index contributed by atoms with van der Waals surface area (Å²) in [5, 5.41) is 47.3. The molecule has 1 rings (SSSR count). The molecule has 0 aliphatic rings. The third-order valence-corrected chi connectivity index (χ3v) is 2.26. The molecule has 3 N–H and O–H groups in total. The Kier molecular flexibility index (Phi) is 4.14. The zero-order valence-corrected chi connectivity index (χ0v) is 8.95. The Morgan fingerprint density at radius 2 is 2.11 bits per heavy atom. The molecule has 2 unspecified atom stereocenters. The summed E-state index contributed by atoms with van der Waals surface area (Å²) in [6, 6.07) is 2.72. The molecular weight excluding hydrogens is 247 g/mol. The van der Waals surface area contributed by atoms with E-state index < -0.39 is 46.4 Å². The van der Waals surface area contributed by atoms with Crippen LogP contribution in [-0.2, 0) is 0 Å². The molecule has 0 aliphatic carbocycles. The molecule has 0 saturated carbocycles. The number of benzene rings is 1. The van der Waals surface area contributed by atoms with Crippen LogP contribution in [0.4, 0.5) is 10.1 Å². The number of phenolic OH excluding ortho intramolecular Hbond substituents is 1. The second-order valence-electron chi connectivity index (χ2n) is 3.49. The first-order valence-corrected chi connectivity index (χ1v) is 4.78. The average molecular weight is 256 g/mol. The lowest BCUT2D eigenvalue weighted by Crippen LogP contribution is -2.18. The number of hydrogen-bond donors (Lipinski definition) is 3. The van der Waals surface area contributed by atoms with E-state index in [-0.39, 0.29) is 0 Å². The van der Waals surface area contributed by atoms with E-state index in [4.69, 9.17) is 5.26 Å². The van der Waals surface area contributed by atoms with Crippen LogP contribution in [0.1, 0.15) is 18.1 Å². The first-order chi connectivity index (χ1) is 8.38. The molecule has 0 fully saturated rings. The highest BCUT2D eigenvalue weighted by molar-refractivity contribution is 5.52. The van der Waals surface area contributed by atoms with E-state index in [1.54, 1.807) is 6.07 Å². The summed E-state index contributed by atoms with van der Waals surface area (Å²) in [5.74, 6) is -1.98. The molecule has 0 aromatic heterocycles. The summed E-state index contributed by atoms with van der Waals surface area (Å²) in [7, 11) is 0. The zero-order valence-electron chi connectivity index (χ0n) is 8.95. The molecule has 7 nitrogen and oxygen atoms in total. The van der Waals surface area contributed by atoms with Gasteiger partial charge in [0.15, 0.2) is 0 Å². The maximum atomic E-state index is 13.1. The molecule has 0 amide bonds. The molecule has 2 atom stereocenters. The van der Waals surface area contributed by atoms with Crippen molar-refractivity contribution in [3.05, 3.63) is 33.6 Å². The van der Waals surface area contributed by atoms with Crippen LogP contribution in [0.5, 0.6) is 5.75 Å². The number of aliphatic hydroxyl groups is 2. The van der Waals surface area contributed by atoms with Gasteiger partial charge in [0.25, 0.3) is 0 Å². The van der Waals surface area contributed by atoms with Crippen molar-refractivity contribution >= 4 is 5.69 Å². The number of hydrogen-bond acceptors (Lipinski definition) is 6. The molecule has 96 valence electrons. The number of phenols is 1. The van der Waals surface area contributed by atoms with E-state index in [0.717, 1.165) is 0 Å². The van der Waals surface area contributed by atoms with E-state index in [9.17, 15) is 29.8 Å². The number of halogens is 1. The number of rotatable bonds is 4. The Morgan fingerprint density at radius 3 is 2.61 bits per heavy atom. The molecule has 0 bridgehead atoms. The van der Waals surface area contributed by atoms with Crippen molar-refractivity contribution in [1.29, 1.82) is 5.26 Å². The zero-order chi connectivity index (χ0) is 13.9. The van der Waals surface area contributed by atoms with Gasteiger partial charge in [-0.25, -0.2) is 4.39 Å². The van der Waals surface area contributed by atoms with Crippen molar-refractivity contribution in [2.45, 2.75) is 18.6 Å². The second kappa shape index (κ2) is 5.39. The van der Waals surface area contributed by atoms with Crippen molar-refractivity contribution in [1.82, 2.24) is 0 Å². The Labute approximate surface area is 100 Å². The first kappa shape index (κ1) is 13.8. The largest absolute Gasteiger partial charge is 0.502 e. The Balaban J connectivity index is 3.25. The molecule has 1 aromatic rings. The topological polar surface area (TPSA) is 128 Å². The van der Waals surface area contributed by atoms with Gasteiger partial charge in [0.05, 0.1) is 29.6 Å². The predicted octanol–water partition coefficient (Wildman–Crippen LogP) is 0.747. The van der Waals surface area contributed by atoms with Gasteiger partial charge in [-0.15, -0.1) is 0 Å². The molecule has 0 saturated heterocycles. The highest BCUT2D eigenvalue weighted by Crippen LogP contribution is 2.36. The van der Waals surface area contributed by atoms with Crippen LogP contribution in [0.3, 0.4) is 0 Å². The van der Waals surface area contributed by atoms with Gasteiger partial charge < -0.3 is 15.3 Å². The smallest absolute Gasteiger partial charge is 0.314 e. The van der Waals surface area contributed by atoms with Crippen LogP contribution in [0.15, 0.2) is 12.1 Å². The summed E-state index contributed by atoms with van der Waals surface area (Å²) < 4.78 is 13.1. The number of nitriles is 1. The maximum absolute atomic E-state index is 13.1. The highest BCUT2D eigenvalue weighted by atomic mass is 19.1. The average Bonchev–Trinajstić information content (AvgIpc) is 2.30. The number of aliphatic hydroxyl groups excluding tert-OH is 2. The van der Waals surface area contributed by atoms with Crippen LogP contribution >= 0.6 is 0 Å². The monoisotopic (exact) mass is 256 g/mol. The fourth-order valence-electron chi connectivity index (χ4n) is 1.38. The van der Waals surface area contributed by atoms with Crippen LogP contribution in [-0.4, -0.2) is 26.3 Å². The van der Waals surface area contributed by atoms with E-state index in [2.05, 4.69) is 0 Å². The van der Waals surface area contributed by atoms with Crippen molar-refractivity contribution in [2.24, 2.45) is 0 Å². The van der Waals surface area contributed by atoms with Crippen LogP contribution in [0, 0.1) is 27.3 Å². The van der Waals surface area contributed by atoms with Crippen molar-refractivity contribution in [3.63, 3.8) is 0 Å². The first-order valence-electron chi connectivity index (χ1n) is 4.78. The number of aromatic hydroxyl groups is 1. The van der Waals surface area contributed by atoms with E-state index >= 15 is 0 Å². The molecule has 8 heteroatoms. The molecular formula is C10H9FN2O5. The molecule has 0 radical (unpaired) electrons. The maximum Gasteiger partial charge on any atom is 0.314 e. The SMILES string of the molecule is N#CCC(O)C(O)c1cc(F)cc([N+](=O)[O-])c1O. The normalized spacial score (nSPS) is 13.7. The van der Waals surface area contributed by atoms with Crippen molar-refractivity contribution in [3.8, 4) is 11.8 Å². The van der Waals surface area contributed by atoms with E-state index in [0.29, 0.717) is 12.1 Å². The summed E-state index contributed by atoms with van der Waals surface area (Å²) in [5.41, 5.74) is -1.46. The van der Waals surface area contributed by atoms with Gasteiger partial charge in [-0.3, -0.25) is 10.1 Å². The predicted molar refractivity (Wildman–Crippen MR) is 55.9 cm³/mol. The molecule has 0 spiro atoms. The minimum absolute atomic E-state index is 0.467. The van der Waals surface area contributed by atoms with Crippen LogP contribution in [0.25, 0.3) is 0 Å². The lowest BCUT2D eigenvalue weighted by Gasteiger charge is -2.16. The quantitative estimate of drug-likeness (QED) is 0.538. The Hall–Kier alpha value is -2.24. The summed E-state index contributed by atoms with van der Waals surface area (Å²) >= 11 is 0. The van der Waals surface area contributed by atoms with Crippen LogP contribution in [0.2, 0.25) is 0 Å². The fourth-order valence-corrected chi connectivity index (χ4v) is 1.38. The minimum Gasteiger partial charge on any atom is -0.502 e. The highest BCUT2D eigenvalue weighted by Gasteiger charge is 2.27. The second-order valence-corrected chi connectivity index (χ2v) is 3.49. The van der Waals surface area contributed by atoms with Gasteiger partial charge in [0, 0.05) is 5.56 Å². The summed E-state index contributed by atoms with van der Waals surface area (Å²) in [6.07, 6.45) is -3.84. The Morgan fingerprint density at radius 1 is 1.50 bits per heavy atom. The molecule has 0 aliphatic heterocycles. The van der Waals surface area contributed by atoms with Gasteiger partial charge in [0.2, 0.25) is 5.75 Å². The van der Waals surface area contributed by atoms with Gasteiger partial charge in [0.1, 0.15) is 11.9 Å². The van der Waals surface area contributed by atoms with Gasteiger partial charge in [-0.05, 0) is 6.07 Å². The third-order valence-electron chi connectivity index (χ3n) is 2.26. The summed E-state index contributed by atoms with van der Waals surface area (Å²) in [4.78, 5) is 9.50. The van der Waals surface area contributed by atoms with Gasteiger partial charge in [-0.2, -0.15) is 5.26 Å². The van der Waals surface area contributed by atoms with Crippen LogP contribution < -0.4 is 0 Å².